The molecule has 0 saturated carbocycles. The van der Waals surface area contributed by atoms with Crippen molar-refractivity contribution in [2.45, 2.75) is 38.2 Å². The highest BCUT2D eigenvalue weighted by atomic mass is 35.5. The van der Waals surface area contributed by atoms with Gasteiger partial charge in [0.05, 0.1) is 9.92 Å². The van der Waals surface area contributed by atoms with Gasteiger partial charge in [-0.3, -0.25) is 0 Å². The van der Waals surface area contributed by atoms with Crippen LogP contribution in [0.3, 0.4) is 0 Å². The number of halogens is 1. The summed E-state index contributed by atoms with van der Waals surface area (Å²) < 4.78 is 31.0. The highest BCUT2D eigenvalue weighted by Gasteiger charge is 2.28. The van der Waals surface area contributed by atoms with Crippen molar-refractivity contribution in [3.05, 3.63) is 64.7 Å². The van der Waals surface area contributed by atoms with Crippen molar-refractivity contribution in [3.63, 3.8) is 0 Å². The quantitative estimate of drug-likeness (QED) is 0.398. The zero-order valence-corrected chi connectivity index (χ0v) is 20.8. The molecule has 8 nitrogen and oxygen atoms in total. The SMILES string of the molecule is Cc1ccc(S(=O)(=O)N/N=C(/c2ccccc2Cl)N2CCN(C(=O)OC(C)(C)C)CC2)cc1. The van der Waals surface area contributed by atoms with E-state index in [1.165, 1.54) is 12.1 Å². The van der Waals surface area contributed by atoms with Crippen molar-refractivity contribution in [2.75, 3.05) is 26.2 Å². The second-order valence-corrected chi connectivity index (χ2v) is 10.8. The van der Waals surface area contributed by atoms with Gasteiger partial charge in [0.15, 0.2) is 5.84 Å². The van der Waals surface area contributed by atoms with E-state index in [1.807, 2.05) is 38.7 Å². The number of rotatable bonds is 4. The molecule has 1 heterocycles. The molecule has 2 aromatic rings. The molecular weight excluding hydrogens is 464 g/mol. The van der Waals surface area contributed by atoms with Gasteiger partial charge in [-0.15, -0.1) is 5.10 Å². The molecular formula is C23H29ClN4O4S. The molecule has 33 heavy (non-hydrogen) atoms. The molecule has 0 radical (unpaired) electrons. The highest BCUT2D eigenvalue weighted by molar-refractivity contribution is 7.89. The Morgan fingerprint density at radius 1 is 1.00 bits per heavy atom. The summed E-state index contributed by atoms with van der Waals surface area (Å²) >= 11 is 6.41. The summed E-state index contributed by atoms with van der Waals surface area (Å²) in [5.41, 5.74) is 0.973. The van der Waals surface area contributed by atoms with Gasteiger partial charge in [-0.05, 0) is 52.0 Å². The summed E-state index contributed by atoms with van der Waals surface area (Å²) in [4.78, 5) is 18.4. The molecule has 1 saturated heterocycles. The Labute approximate surface area is 200 Å². The normalized spacial score (nSPS) is 15.4. The summed E-state index contributed by atoms with van der Waals surface area (Å²) in [5, 5.41) is 4.71. The fourth-order valence-electron chi connectivity index (χ4n) is 3.24. The number of carbonyl (C=O) groups excluding carboxylic acids is 1. The Kier molecular flexibility index (Phi) is 7.54. The molecule has 1 amide bonds. The molecule has 1 aliphatic heterocycles. The lowest BCUT2D eigenvalue weighted by Crippen LogP contribution is -2.52. The van der Waals surface area contributed by atoms with Gasteiger partial charge in [-0.25, -0.2) is 4.79 Å². The average Bonchev–Trinajstić information content (AvgIpc) is 2.74. The predicted molar refractivity (Wildman–Crippen MR) is 129 cm³/mol. The van der Waals surface area contributed by atoms with E-state index in [4.69, 9.17) is 16.3 Å². The highest BCUT2D eigenvalue weighted by Crippen LogP contribution is 2.20. The van der Waals surface area contributed by atoms with Crippen LogP contribution in [0.2, 0.25) is 5.02 Å². The van der Waals surface area contributed by atoms with Crippen molar-refractivity contribution in [3.8, 4) is 0 Å². The van der Waals surface area contributed by atoms with Crippen LogP contribution >= 0.6 is 11.6 Å². The van der Waals surface area contributed by atoms with E-state index in [0.717, 1.165) is 5.56 Å². The number of piperazine rings is 1. The summed E-state index contributed by atoms with van der Waals surface area (Å²) in [6.45, 7) is 9.04. The van der Waals surface area contributed by atoms with Crippen LogP contribution in [-0.2, 0) is 14.8 Å². The Bertz CT molecular complexity index is 1120. The molecule has 0 aromatic heterocycles. The Balaban J connectivity index is 1.82. The third kappa shape index (κ3) is 6.61. The third-order valence-electron chi connectivity index (χ3n) is 4.95. The van der Waals surface area contributed by atoms with Gasteiger partial charge in [0.2, 0.25) is 0 Å². The lowest BCUT2D eigenvalue weighted by atomic mass is 10.1. The maximum absolute atomic E-state index is 12.8. The van der Waals surface area contributed by atoms with Gasteiger partial charge in [0.1, 0.15) is 5.60 Å². The summed E-state index contributed by atoms with van der Waals surface area (Å²) in [6, 6.07) is 13.6. The van der Waals surface area contributed by atoms with Gasteiger partial charge in [-0.1, -0.05) is 41.4 Å². The lowest BCUT2D eigenvalue weighted by Gasteiger charge is -2.37. The van der Waals surface area contributed by atoms with Crippen LogP contribution in [0.15, 0.2) is 58.5 Å². The van der Waals surface area contributed by atoms with Crippen molar-refractivity contribution < 1.29 is 17.9 Å². The van der Waals surface area contributed by atoms with Gasteiger partial charge in [-0.2, -0.15) is 13.2 Å². The van der Waals surface area contributed by atoms with Gasteiger partial charge >= 0.3 is 6.09 Å². The molecule has 1 fully saturated rings. The van der Waals surface area contributed by atoms with Gasteiger partial charge in [0, 0.05) is 31.7 Å². The van der Waals surface area contributed by atoms with E-state index in [-0.39, 0.29) is 11.0 Å². The molecule has 10 heteroatoms. The van der Waals surface area contributed by atoms with E-state index in [9.17, 15) is 13.2 Å². The number of ether oxygens (including phenoxy) is 1. The minimum Gasteiger partial charge on any atom is -0.444 e. The number of amides is 1. The number of benzene rings is 2. The van der Waals surface area contributed by atoms with Crippen molar-refractivity contribution >= 4 is 33.6 Å². The first-order valence-electron chi connectivity index (χ1n) is 10.6. The van der Waals surface area contributed by atoms with Gasteiger partial charge in [0.25, 0.3) is 10.0 Å². The van der Waals surface area contributed by atoms with Crippen LogP contribution in [0.25, 0.3) is 0 Å². The van der Waals surface area contributed by atoms with Crippen LogP contribution in [0, 0.1) is 6.92 Å². The smallest absolute Gasteiger partial charge is 0.410 e. The first kappa shape index (κ1) is 24.9. The molecule has 0 bridgehead atoms. The van der Waals surface area contributed by atoms with Crippen LogP contribution in [-0.4, -0.2) is 61.9 Å². The van der Waals surface area contributed by atoms with Crippen LogP contribution in [0.5, 0.6) is 0 Å². The average molecular weight is 493 g/mol. The molecule has 1 aliphatic rings. The topological polar surface area (TPSA) is 91.3 Å². The summed E-state index contributed by atoms with van der Waals surface area (Å²) in [5.74, 6) is 0.389. The lowest BCUT2D eigenvalue weighted by molar-refractivity contribution is 0.0187. The van der Waals surface area contributed by atoms with Crippen molar-refractivity contribution in [1.82, 2.24) is 14.6 Å². The van der Waals surface area contributed by atoms with E-state index >= 15 is 0 Å². The maximum atomic E-state index is 12.8. The zero-order chi connectivity index (χ0) is 24.2. The molecule has 0 aliphatic carbocycles. The maximum Gasteiger partial charge on any atom is 0.410 e. The van der Waals surface area contributed by atoms with Crippen molar-refractivity contribution in [2.24, 2.45) is 5.10 Å². The number of amidine groups is 1. The Hall–Kier alpha value is -2.78. The Morgan fingerprint density at radius 3 is 2.15 bits per heavy atom. The van der Waals surface area contributed by atoms with E-state index in [2.05, 4.69) is 9.93 Å². The number of hydrogen-bond donors (Lipinski definition) is 1. The minimum atomic E-state index is -3.87. The number of hydrogen-bond acceptors (Lipinski definition) is 5. The zero-order valence-electron chi connectivity index (χ0n) is 19.2. The second-order valence-electron chi connectivity index (χ2n) is 8.78. The van der Waals surface area contributed by atoms with Crippen LogP contribution < -0.4 is 4.83 Å². The molecule has 0 atom stereocenters. The third-order valence-corrected chi connectivity index (χ3v) is 6.50. The molecule has 178 valence electrons. The Morgan fingerprint density at radius 2 is 1.58 bits per heavy atom. The molecule has 1 N–H and O–H groups in total. The standard InChI is InChI=1S/C23H29ClN4O4S/c1-17-9-11-18(12-10-17)33(30,31)26-25-21(19-7-5-6-8-20(19)24)27-13-15-28(16-14-27)22(29)32-23(2,3)4/h5-12,26H,13-16H2,1-4H3/b25-21-. The summed E-state index contributed by atoms with van der Waals surface area (Å²) in [7, 11) is -3.87. The second kappa shape index (κ2) is 10.0. The monoisotopic (exact) mass is 492 g/mol. The van der Waals surface area contributed by atoms with Gasteiger partial charge < -0.3 is 14.5 Å². The largest absolute Gasteiger partial charge is 0.444 e. The predicted octanol–water partition coefficient (Wildman–Crippen LogP) is 3.84. The number of carbonyl (C=O) groups is 1. The first-order chi connectivity index (χ1) is 15.5. The fourth-order valence-corrected chi connectivity index (χ4v) is 4.27. The molecule has 0 spiro atoms. The van der Waals surface area contributed by atoms with E-state index < -0.39 is 15.6 Å². The number of sulfonamides is 1. The molecule has 3 rings (SSSR count). The fraction of sp³-hybridized carbons (Fsp3) is 0.391. The molecule has 0 unspecified atom stereocenters. The number of aryl methyl sites for hydroxylation is 1. The summed E-state index contributed by atoms with van der Waals surface area (Å²) in [6.07, 6.45) is -0.376. The van der Waals surface area contributed by atoms with Crippen molar-refractivity contribution in [1.29, 1.82) is 0 Å². The minimum absolute atomic E-state index is 0.116. The number of hydrazone groups is 1. The first-order valence-corrected chi connectivity index (χ1v) is 12.5. The van der Waals surface area contributed by atoms with Crippen LogP contribution in [0.1, 0.15) is 31.9 Å². The number of nitrogens with one attached hydrogen (secondary N) is 1. The number of nitrogens with zero attached hydrogens (tertiary/aromatic N) is 3. The van der Waals surface area contributed by atoms with Crippen LogP contribution in [0.4, 0.5) is 4.79 Å². The molecule has 2 aromatic carbocycles. The van der Waals surface area contributed by atoms with E-state index in [1.54, 1.807) is 35.2 Å². The van der Waals surface area contributed by atoms with E-state index in [0.29, 0.717) is 42.6 Å².